The smallest absolute Gasteiger partial charge is 0.274 e. The molecule has 0 aliphatic carbocycles. The number of rotatable bonds is 7. The van der Waals surface area contributed by atoms with Crippen LogP contribution in [0.1, 0.15) is 27.4 Å². The molecule has 9 heteroatoms. The Morgan fingerprint density at radius 2 is 1.78 bits per heavy atom. The van der Waals surface area contributed by atoms with Crippen molar-refractivity contribution >= 4 is 34.8 Å². The molecule has 4 rings (SSSR count). The Morgan fingerprint density at radius 1 is 1.03 bits per heavy atom. The van der Waals surface area contributed by atoms with Crippen molar-refractivity contribution in [1.82, 2.24) is 19.6 Å². The maximum absolute atomic E-state index is 13.0. The number of carbonyl (C=O) groups is 1. The predicted octanol–water partition coefficient (Wildman–Crippen LogP) is 5.34. The van der Waals surface area contributed by atoms with Gasteiger partial charge in [0, 0.05) is 16.2 Å². The van der Waals surface area contributed by atoms with E-state index in [1.54, 1.807) is 36.5 Å². The van der Waals surface area contributed by atoms with Crippen LogP contribution in [-0.2, 0) is 13.3 Å². The third-order valence-electron chi connectivity index (χ3n) is 5.01. The number of carbonyl (C=O) groups excluding carboxylic acids is 1. The predicted molar refractivity (Wildman–Crippen MR) is 125 cm³/mol. The van der Waals surface area contributed by atoms with E-state index in [1.165, 1.54) is 4.68 Å². The topological polar surface area (TPSA) is 74.0 Å². The Labute approximate surface area is 195 Å². The Kier molecular flexibility index (Phi) is 6.48. The van der Waals surface area contributed by atoms with Crippen molar-refractivity contribution in [2.75, 3.05) is 5.32 Å². The summed E-state index contributed by atoms with van der Waals surface area (Å²) in [5.74, 6) is 0.328. The summed E-state index contributed by atoms with van der Waals surface area (Å²) in [5.41, 5.74) is 3.53. The molecular weight excluding hydrogens is 449 g/mol. The summed E-state index contributed by atoms with van der Waals surface area (Å²) in [4.78, 5) is 13.0. The zero-order chi connectivity index (χ0) is 22.7. The molecule has 0 unspecified atom stereocenters. The van der Waals surface area contributed by atoms with Crippen LogP contribution in [-0.4, -0.2) is 25.5 Å². The molecule has 0 saturated heterocycles. The summed E-state index contributed by atoms with van der Waals surface area (Å²) in [6.07, 6.45) is 1.56. The molecule has 2 heterocycles. The molecule has 4 aromatic rings. The lowest BCUT2D eigenvalue weighted by molar-refractivity contribution is 0.100. The number of nitrogens with one attached hydrogen (secondary N) is 1. The summed E-state index contributed by atoms with van der Waals surface area (Å²) in [6, 6.07) is 16.2. The van der Waals surface area contributed by atoms with Gasteiger partial charge in [-0.15, -0.1) is 0 Å². The third kappa shape index (κ3) is 4.79. The molecule has 0 spiro atoms. The Morgan fingerprint density at radius 3 is 2.53 bits per heavy atom. The lowest BCUT2D eigenvalue weighted by atomic mass is 10.2. The highest BCUT2D eigenvalue weighted by molar-refractivity contribution is 6.31. The van der Waals surface area contributed by atoms with Crippen LogP contribution in [0, 0.1) is 13.8 Å². The van der Waals surface area contributed by atoms with Crippen LogP contribution in [0.25, 0.3) is 0 Å². The molecule has 164 valence electrons. The normalized spacial score (nSPS) is 10.9. The van der Waals surface area contributed by atoms with Crippen molar-refractivity contribution < 1.29 is 9.53 Å². The first-order valence-corrected chi connectivity index (χ1v) is 10.7. The molecule has 0 bridgehead atoms. The van der Waals surface area contributed by atoms with Crippen LogP contribution in [0.5, 0.6) is 5.75 Å². The Hall–Kier alpha value is -3.29. The van der Waals surface area contributed by atoms with Crippen molar-refractivity contribution in [2.45, 2.75) is 27.1 Å². The molecule has 7 nitrogen and oxygen atoms in total. The minimum atomic E-state index is -0.300. The van der Waals surface area contributed by atoms with Crippen LogP contribution in [0.4, 0.5) is 5.69 Å². The number of nitrogens with zero attached hydrogens (tertiary/aromatic N) is 4. The van der Waals surface area contributed by atoms with Crippen molar-refractivity contribution in [3.05, 3.63) is 93.5 Å². The van der Waals surface area contributed by atoms with Gasteiger partial charge in [0.15, 0.2) is 6.73 Å². The van der Waals surface area contributed by atoms with Gasteiger partial charge in [-0.05, 0) is 55.8 Å². The molecule has 2 aromatic heterocycles. The molecule has 0 aliphatic rings. The van der Waals surface area contributed by atoms with E-state index in [2.05, 4.69) is 15.5 Å². The highest BCUT2D eigenvalue weighted by atomic mass is 35.5. The molecule has 1 N–H and O–H groups in total. The van der Waals surface area contributed by atoms with Crippen molar-refractivity contribution in [3.8, 4) is 5.75 Å². The first-order chi connectivity index (χ1) is 15.4. The number of anilines is 1. The van der Waals surface area contributed by atoms with Gasteiger partial charge in [-0.1, -0.05) is 41.4 Å². The molecule has 0 atom stereocenters. The quantitative estimate of drug-likeness (QED) is 0.396. The fourth-order valence-electron chi connectivity index (χ4n) is 3.29. The largest absolute Gasteiger partial charge is 0.471 e. The zero-order valence-electron chi connectivity index (χ0n) is 17.5. The average Bonchev–Trinajstić information content (AvgIpc) is 3.35. The van der Waals surface area contributed by atoms with Crippen LogP contribution in [0.15, 0.2) is 60.8 Å². The first-order valence-electron chi connectivity index (χ1n) is 9.91. The molecule has 0 aliphatic heterocycles. The Balaban J connectivity index is 1.48. The van der Waals surface area contributed by atoms with Gasteiger partial charge < -0.3 is 10.1 Å². The van der Waals surface area contributed by atoms with Crippen LogP contribution >= 0.6 is 23.2 Å². The maximum atomic E-state index is 13.0. The third-order valence-corrected chi connectivity index (χ3v) is 5.63. The van der Waals surface area contributed by atoms with Gasteiger partial charge in [-0.25, -0.2) is 4.68 Å². The van der Waals surface area contributed by atoms with Gasteiger partial charge in [0.05, 0.1) is 23.6 Å². The summed E-state index contributed by atoms with van der Waals surface area (Å²) >= 11 is 12.2. The second-order valence-electron chi connectivity index (χ2n) is 7.19. The van der Waals surface area contributed by atoms with Gasteiger partial charge in [0.1, 0.15) is 11.4 Å². The number of benzene rings is 2. The van der Waals surface area contributed by atoms with E-state index in [0.29, 0.717) is 39.4 Å². The van der Waals surface area contributed by atoms with E-state index in [4.69, 9.17) is 27.9 Å². The van der Waals surface area contributed by atoms with Crippen molar-refractivity contribution in [1.29, 1.82) is 0 Å². The summed E-state index contributed by atoms with van der Waals surface area (Å²) in [6.45, 7) is 4.36. The minimum Gasteiger partial charge on any atom is -0.471 e. The molecule has 1 amide bonds. The highest BCUT2D eigenvalue weighted by Crippen LogP contribution is 2.23. The van der Waals surface area contributed by atoms with Gasteiger partial charge in [0.2, 0.25) is 0 Å². The number of halogens is 2. The van der Waals surface area contributed by atoms with Crippen LogP contribution in [0.2, 0.25) is 10.0 Å². The van der Waals surface area contributed by atoms with Gasteiger partial charge in [-0.2, -0.15) is 10.2 Å². The van der Waals surface area contributed by atoms with Crippen molar-refractivity contribution in [3.63, 3.8) is 0 Å². The SMILES string of the molecule is Cc1nn(Cc2ccccc2Cl)c(C)c1NC(=O)c1ccnn1COc1ccc(Cl)cc1. The van der Waals surface area contributed by atoms with Gasteiger partial charge in [0.25, 0.3) is 5.91 Å². The second-order valence-corrected chi connectivity index (χ2v) is 8.04. The monoisotopic (exact) mass is 469 g/mol. The fraction of sp³-hybridized carbons (Fsp3) is 0.174. The summed E-state index contributed by atoms with van der Waals surface area (Å²) in [7, 11) is 0. The molecule has 32 heavy (non-hydrogen) atoms. The van der Waals surface area contributed by atoms with E-state index in [9.17, 15) is 4.79 Å². The number of aromatic nitrogens is 4. The van der Waals surface area contributed by atoms with E-state index >= 15 is 0 Å². The van der Waals surface area contributed by atoms with E-state index in [-0.39, 0.29) is 12.6 Å². The molecule has 0 fully saturated rings. The number of amides is 1. The molecule has 2 aromatic carbocycles. The molecular formula is C23H21Cl2N5O2. The molecule has 0 radical (unpaired) electrons. The van der Waals surface area contributed by atoms with E-state index in [0.717, 1.165) is 11.3 Å². The Bertz CT molecular complexity index is 1250. The standard InChI is InChI=1S/C23H21Cl2N5O2/c1-15-22(16(2)29(28-15)13-17-5-3-4-6-20(17)25)27-23(31)21-11-12-26-30(21)14-32-19-9-7-18(24)8-10-19/h3-12H,13-14H2,1-2H3,(H,27,31). The van der Waals surface area contributed by atoms with Crippen LogP contribution < -0.4 is 10.1 Å². The summed E-state index contributed by atoms with van der Waals surface area (Å²) < 4.78 is 9.02. The second kappa shape index (κ2) is 9.46. The lowest BCUT2D eigenvalue weighted by Gasteiger charge is -2.11. The molecule has 0 saturated carbocycles. The lowest BCUT2D eigenvalue weighted by Crippen LogP contribution is -2.20. The average molecular weight is 470 g/mol. The minimum absolute atomic E-state index is 0.0844. The number of aryl methyl sites for hydroxylation is 1. The fourth-order valence-corrected chi connectivity index (χ4v) is 3.61. The maximum Gasteiger partial charge on any atom is 0.274 e. The van der Waals surface area contributed by atoms with E-state index < -0.39 is 0 Å². The van der Waals surface area contributed by atoms with Gasteiger partial charge >= 0.3 is 0 Å². The van der Waals surface area contributed by atoms with E-state index in [1.807, 2.05) is 42.8 Å². The number of hydrogen-bond donors (Lipinski definition) is 1. The van der Waals surface area contributed by atoms with Gasteiger partial charge in [-0.3, -0.25) is 9.48 Å². The number of hydrogen-bond acceptors (Lipinski definition) is 4. The summed E-state index contributed by atoms with van der Waals surface area (Å²) in [5, 5.41) is 13.0. The first kappa shape index (κ1) is 21.9. The van der Waals surface area contributed by atoms with Crippen LogP contribution in [0.3, 0.4) is 0 Å². The zero-order valence-corrected chi connectivity index (χ0v) is 19.1. The highest BCUT2D eigenvalue weighted by Gasteiger charge is 2.18. The van der Waals surface area contributed by atoms with Crippen molar-refractivity contribution in [2.24, 2.45) is 0 Å². The number of ether oxygens (including phenoxy) is 1.